The van der Waals surface area contributed by atoms with E-state index in [2.05, 4.69) is 15.3 Å². The summed E-state index contributed by atoms with van der Waals surface area (Å²) in [5, 5.41) is 12.2. The minimum atomic E-state index is -3.11. The molecule has 4 rings (SSSR count). The number of carbonyl (C=O) groups excluding carboxylic acids is 2. The van der Waals surface area contributed by atoms with Crippen LogP contribution in [0.1, 0.15) is 40.5 Å². The first-order chi connectivity index (χ1) is 16.7. The first-order valence-electron chi connectivity index (χ1n) is 11.0. The first kappa shape index (κ1) is 24.0. The summed E-state index contributed by atoms with van der Waals surface area (Å²) in [6.45, 7) is 2.58. The highest BCUT2D eigenvalue weighted by Crippen LogP contribution is 2.31. The number of aryl methyl sites for hydroxylation is 1. The minimum absolute atomic E-state index is 0.300. The largest absolute Gasteiger partial charge is 0.343 e. The second-order valence-corrected chi connectivity index (χ2v) is 8.59. The number of alkyl halides is 2. The van der Waals surface area contributed by atoms with Gasteiger partial charge >= 0.3 is 0 Å². The van der Waals surface area contributed by atoms with Crippen molar-refractivity contribution in [1.82, 2.24) is 20.2 Å². The minimum Gasteiger partial charge on any atom is -0.343 e. The maximum absolute atomic E-state index is 13.6. The van der Waals surface area contributed by atoms with E-state index in [0.29, 0.717) is 16.5 Å². The number of aromatic nitrogens is 2. The summed E-state index contributed by atoms with van der Waals surface area (Å²) in [5.41, 5.74) is 4.57. The molecule has 0 aliphatic carbocycles. The van der Waals surface area contributed by atoms with Gasteiger partial charge in [0, 0.05) is 24.2 Å². The maximum atomic E-state index is 13.6. The van der Waals surface area contributed by atoms with Crippen LogP contribution in [0, 0.1) is 18.3 Å². The molecule has 1 atom stereocenters. The number of fused-ring (bicyclic) bond motifs is 1. The summed E-state index contributed by atoms with van der Waals surface area (Å²) in [5.74, 6) is -4.38. The van der Waals surface area contributed by atoms with Crippen molar-refractivity contribution >= 4 is 34.4 Å². The van der Waals surface area contributed by atoms with E-state index in [-0.39, 0.29) is 0 Å². The molecular formula is C26H23F2N5O2. The van der Waals surface area contributed by atoms with E-state index in [9.17, 15) is 18.4 Å². The molecule has 2 amide bonds. The van der Waals surface area contributed by atoms with Gasteiger partial charge in [-0.2, -0.15) is 5.26 Å². The second-order valence-electron chi connectivity index (χ2n) is 8.59. The summed E-state index contributed by atoms with van der Waals surface area (Å²) in [7, 11) is 0. The lowest BCUT2D eigenvalue weighted by Crippen LogP contribution is -2.43. The Kier molecular flexibility index (Phi) is 6.56. The quantitative estimate of drug-likeness (QED) is 0.602. The van der Waals surface area contributed by atoms with Gasteiger partial charge in [-0.25, -0.2) is 8.78 Å². The molecule has 0 radical (unpaired) electrons. The van der Waals surface area contributed by atoms with Crippen molar-refractivity contribution in [3.05, 3.63) is 71.2 Å². The van der Waals surface area contributed by atoms with Crippen molar-refractivity contribution in [2.24, 2.45) is 0 Å². The monoisotopic (exact) mass is 475 g/mol. The van der Waals surface area contributed by atoms with Gasteiger partial charge in [-0.1, -0.05) is 12.1 Å². The van der Waals surface area contributed by atoms with Gasteiger partial charge in [-0.3, -0.25) is 19.6 Å². The fourth-order valence-electron chi connectivity index (χ4n) is 4.01. The Balaban J connectivity index is 1.54. The Labute approximate surface area is 201 Å². The number of nitrogens with zero attached hydrogens (tertiary/aromatic N) is 4. The third-order valence-electron chi connectivity index (χ3n) is 5.88. The molecule has 1 N–H and O–H groups in total. The first-order valence-corrected chi connectivity index (χ1v) is 11.0. The molecule has 3 heterocycles. The van der Waals surface area contributed by atoms with Crippen LogP contribution in [0.4, 0.5) is 8.78 Å². The molecule has 1 aliphatic rings. The molecule has 9 heteroatoms. The smallest absolute Gasteiger partial charge is 0.268 e. The van der Waals surface area contributed by atoms with Gasteiger partial charge in [0.2, 0.25) is 5.91 Å². The molecule has 3 aromatic rings. The van der Waals surface area contributed by atoms with E-state index in [4.69, 9.17) is 5.26 Å². The summed E-state index contributed by atoms with van der Waals surface area (Å²) in [6, 6.07) is 11.5. The lowest BCUT2D eigenvalue weighted by Gasteiger charge is -2.19. The third-order valence-corrected chi connectivity index (χ3v) is 5.88. The third kappa shape index (κ3) is 5.32. The highest BCUT2D eigenvalue weighted by atomic mass is 19.3. The average molecular weight is 475 g/mol. The molecule has 35 heavy (non-hydrogen) atoms. The molecule has 2 aromatic heterocycles. The molecule has 0 bridgehead atoms. The number of halogens is 2. The van der Waals surface area contributed by atoms with Crippen molar-refractivity contribution in [1.29, 1.82) is 5.26 Å². The number of likely N-dealkylation sites (tertiary alicyclic amines) is 1. The Bertz CT molecular complexity index is 1360. The standard InChI is InChI=1S/C26H23F2N5O2/c1-16-3-5-19(31-13-16)9-17(2)18-4-6-23-22(10-18)21(7-8-30-23)25(35)32-14-24(34)33-15-26(27,28)11-20(33)12-29/h3-10,13,20H,11,14-15H2,1-2H3,(H,32,35)/b17-9+. The van der Waals surface area contributed by atoms with Gasteiger partial charge < -0.3 is 10.2 Å². The average Bonchev–Trinajstić information content (AvgIpc) is 3.17. The van der Waals surface area contributed by atoms with Crippen LogP contribution < -0.4 is 5.32 Å². The van der Waals surface area contributed by atoms with Crippen molar-refractivity contribution in [2.45, 2.75) is 32.2 Å². The number of amides is 2. The Morgan fingerprint density at radius 3 is 2.77 bits per heavy atom. The summed E-state index contributed by atoms with van der Waals surface area (Å²) < 4.78 is 27.3. The molecule has 0 spiro atoms. The predicted molar refractivity (Wildman–Crippen MR) is 127 cm³/mol. The number of rotatable bonds is 5. The number of hydrogen-bond acceptors (Lipinski definition) is 5. The Hall–Kier alpha value is -4.19. The van der Waals surface area contributed by atoms with Gasteiger partial charge in [0.05, 0.1) is 35.9 Å². The molecule has 1 saturated heterocycles. The van der Waals surface area contributed by atoms with E-state index in [0.717, 1.165) is 27.3 Å². The zero-order valence-corrected chi connectivity index (χ0v) is 19.3. The van der Waals surface area contributed by atoms with E-state index in [1.165, 1.54) is 12.3 Å². The van der Waals surface area contributed by atoms with Crippen LogP contribution in [0.3, 0.4) is 0 Å². The number of benzene rings is 1. The lowest BCUT2D eigenvalue weighted by molar-refractivity contribution is -0.131. The van der Waals surface area contributed by atoms with Crippen LogP contribution in [-0.2, 0) is 4.79 Å². The zero-order valence-electron chi connectivity index (χ0n) is 19.3. The number of nitriles is 1. The molecular weight excluding hydrogens is 452 g/mol. The van der Waals surface area contributed by atoms with Crippen molar-refractivity contribution in [2.75, 3.05) is 13.1 Å². The topological polar surface area (TPSA) is 99.0 Å². The number of allylic oxidation sites excluding steroid dienone is 1. The van der Waals surface area contributed by atoms with E-state index < -0.39 is 43.3 Å². The highest BCUT2D eigenvalue weighted by Gasteiger charge is 2.47. The fourth-order valence-corrected chi connectivity index (χ4v) is 4.01. The zero-order chi connectivity index (χ0) is 25.2. The molecule has 1 aliphatic heterocycles. The van der Waals surface area contributed by atoms with Gasteiger partial charge in [0.15, 0.2) is 0 Å². The van der Waals surface area contributed by atoms with Crippen LogP contribution in [0.15, 0.2) is 48.8 Å². The van der Waals surface area contributed by atoms with E-state index in [1.54, 1.807) is 18.3 Å². The SMILES string of the molecule is C/C(=C\c1ccc(C)cn1)c1ccc2nccc(C(=O)NCC(=O)N3CC(F)(F)CC3C#N)c2c1. The maximum Gasteiger partial charge on any atom is 0.268 e. The molecule has 0 saturated carbocycles. The second kappa shape index (κ2) is 9.58. The summed E-state index contributed by atoms with van der Waals surface area (Å²) >= 11 is 0. The van der Waals surface area contributed by atoms with E-state index in [1.807, 2.05) is 44.2 Å². The van der Waals surface area contributed by atoms with Gasteiger partial charge in [0.1, 0.15) is 6.04 Å². The van der Waals surface area contributed by atoms with Crippen LogP contribution in [0.25, 0.3) is 22.6 Å². The number of carbonyl (C=O) groups is 2. The van der Waals surface area contributed by atoms with Crippen LogP contribution >= 0.6 is 0 Å². The number of pyridine rings is 2. The van der Waals surface area contributed by atoms with Crippen molar-refractivity contribution in [3.8, 4) is 6.07 Å². The fraction of sp³-hybridized carbons (Fsp3) is 0.269. The Morgan fingerprint density at radius 1 is 1.26 bits per heavy atom. The predicted octanol–water partition coefficient (Wildman–Crippen LogP) is 3.99. The number of hydrogen-bond donors (Lipinski definition) is 1. The van der Waals surface area contributed by atoms with Gasteiger partial charge in [0.25, 0.3) is 11.8 Å². The van der Waals surface area contributed by atoms with Crippen LogP contribution in [0.2, 0.25) is 0 Å². The van der Waals surface area contributed by atoms with E-state index >= 15 is 0 Å². The van der Waals surface area contributed by atoms with Crippen molar-refractivity contribution < 1.29 is 18.4 Å². The molecule has 1 unspecified atom stereocenters. The lowest BCUT2D eigenvalue weighted by atomic mass is 10.0. The summed E-state index contributed by atoms with van der Waals surface area (Å²) in [6.07, 6.45) is 4.51. The Morgan fingerprint density at radius 2 is 2.06 bits per heavy atom. The van der Waals surface area contributed by atoms with Gasteiger partial charge in [-0.15, -0.1) is 0 Å². The van der Waals surface area contributed by atoms with Crippen LogP contribution in [0.5, 0.6) is 0 Å². The summed E-state index contributed by atoms with van der Waals surface area (Å²) in [4.78, 5) is 34.9. The normalized spacial score (nSPS) is 17.3. The molecule has 7 nitrogen and oxygen atoms in total. The molecule has 1 fully saturated rings. The number of nitrogens with one attached hydrogen (secondary N) is 1. The van der Waals surface area contributed by atoms with Gasteiger partial charge in [-0.05, 0) is 60.9 Å². The highest BCUT2D eigenvalue weighted by molar-refractivity contribution is 6.07. The molecule has 178 valence electrons. The van der Waals surface area contributed by atoms with Crippen molar-refractivity contribution in [3.63, 3.8) is 0 Å². The van der Waals surface area contributed by atoms with Crippen LogP contribution in [-0.4, -0.2) is 51.7 Å². The molecule has 1 aromatic carbocycles.